The van der Waals surface area contributed by atoms with Gasteiger partial charge in [-0.25, -0.2) is 0 Å². The molecule has 3 heterocycles. The summed E-state index contributed by atoms with van der Waals surface area (Å²) in [6.45, 7) is 0.556. The number of aliphatic hydroxyl groups excluding tert-OH is 1. The first-order valence-corrected chi connectivity index (χ1v) is 11.7. The number of rotatable bonds is 7. The molecule has 3 amide bonds. The van der Waals surface area contributed by atoms with Crippen LogP contribution in [0, 0.1) is 5.92 Å². The van der Waals surface area contributed by atoms with Crippen LogP contribution in [0.4, 0.5) is 0 Å². The second-order valence-electron chi connectivity index (χ2n) is 8.94. The third kappa shape index (κ3) is 5.84. The van der Waals surface area contributed by atoms with Crippen LogP contribution in [0.25, 0.3) is 0 Å². The molecule has 2 fully saturated rings. The van der Waals surface area contributed by atoms with Gasteiger partial charge < -0.3 is 29.5 Å². The van der Waals surface area contributed by atoms with Gasteiger partial charge in [0.25, 0.3) is 11.8 Å². The number of likely N-dealkylation sites (tertiary alicyclic amines) is 1. The highest BCUT2D eigenvalue weighted by Gasteiger charge is 2.33. The van der Waals surface area contributed by atoms with Crippen LogP contribution in [-0.2, 0) is 4.79 Å². The fourth-order valence-electron chi connectivity index (χ4n) is 4.78. The molecule has 3 N–H and O–H groups in total. The number of hydrogen-bond acceptors (Lipinski definition) is 6. The molecule has 0 spiro atoms. The Balaban J connectivity index is 1.39. The standard InChI is InChI=1S/C24H31N3O6/c28-19-15-27(24(31)21-10-5-13-33-21)11-3-8-17(19)25-22(29)18(14-16-6-1-2-7-16)26-23(30)20-9-4-12-32-20/h4-5,9-10,12-13,16-19,28H,1-3,6-8,11,14-15H2,(H,25,29)(H,26,30)/t17?,18?,19-/m0/s1. The second-order valence-corrected chi connectivity index (χ2v) is 8.94. The zero-order valence-corrected chi connectivity index (χ0v) is 18.6. The van der Waals surface area contributed by atoms with Crippen molar-refractivity contribution in [3.63, 3.8) is 0 Å². The predicted molar refractivity (Wildman–Crippen MR) is 118 cm³/mol. The normalized spacial score (nSPS) is 22.5. The van der Waals surface area contributed by atoms with E-state index in [9.17, 15) is 19.5 Å². The Hall–Kier alpha value is -3.07. The maximum absolute atomic E-state index is 13.2. The van der Waals surface area contributed by atoms with Crippen LogP contribution >= 0.6 is 0 Å². The van der Waals surface area contributed by atoms with Gasteiger partial charge in [0.1, 0.15) is 6.04 Å². The molecule has 1 aliphatic heterocycles. The molecule has 4 rings (SSSR count). The fourth-order valence-corrected chi connectivity index (χ4v) is 4.78. The minimum Gasteiger partial charge on any atom is -0.459 e. The molecule has 1 aliphatic carbocycles. The molecule has 1 saturated heterocycles. The number of hydrogen-bond donors (Lipinski definition) is 3. The molecule has 0 bridgehead atoms. The minimum atomic E-state index is -0.928. The summed E-state index contributed by atoms with van der Waals surface area (Å²) in [6.07, 6.45) is 7.96. The van der Waals surface area contributed by atoms with Gasteiger partial charge in [-0.05, 0) is 49.4 Å². The van der Waals surface area contributed by atoms with Crippen molar-refractivity contribution in [2.45, 2.75) is 63.1 Å². The van der Waals surface area contributed by atoms with Crippen molar-refractivity contribution in [3.8, 4) is 0 Å². The molecule has 0 radical (unpaired) electrons. The summed E-state index contributed by atoms with van der Waals surface area (Å²) in [7, 11) is 0. The van der Waals surface area contributed by atoms with Gasteiger partial charge in [-0.15, -0.1) is 0 Å². The molecule has 2 aromatic heterocycles. The summed E-state index contributed by atoms with van der Waals surface area (Å²) in [4.78, 5) is 39.9. The van der Waals surface area contributed by atoms with Crippen molar-refractivity contribution in [1.82, 2.24) is 15.5 Å². The van der Waals surface area contributed by atoms with E-state index in [0.717, 1.165) is 25.7 Å². The van der Waals surface area contributed by atoms with Gasteiger partial charge in [0.15, 0.2) is 11.5 Å². The highest BCUT2D eigenvalue weighted by molar-refractivity contribution is 5.95. The van der Waals surface area contributed by atoms with Gasteiger partial charge >= 0.3 is 0 Å². The number of nitrogens with one attached hydrogen (secondary N) is 2. The van der Waals surface area contributed by atoms with Crippen LogP contribution in [0.15, 0.2) is 45.6 Å². The van der Waals surface area contributed by atoms with Gasteiger partial charge in [0.05, 0.1) is 24.7 Å². The molecule has 9 nitrogen and oxygen atoms in total. The predicted octanol–water partition coefficient (Wildman–Crippen LogP) is 2.33. The Morgan fingerprint density at radius 3 is 2.39 bits per heavy atom. The van der Waals surface area contributed by atoms with E-state index in [1.807, 2.05) is 0 Å². The third-order valence-corrected chi connectivity index (χ3v) is 6.57. The fraction of sp³-hybridized carbons (Fsp3) is 0.542. The number of carbonyl (C=O) groups excluding carboxylic acids is 3. The number of amides is 3. The van der Waals surface area contributed by atoms with Crippen molar-refractivity contribution < 1.29 is 28.3 Å². The first-order valence-electron chi connectivity index (χ1n) is 11.7. The SMILES string of the molecule is O=C(NC(CC1CCCC1)C(=O)NC1CCCN(C(=O)c2ccco2)C[C@@H]1O)c1ccco1. The summed E-state index contributed by atoms with van der Waals surface area (Å²) in [5.74, 6) is -0.289. The number of carbonyl (C=O) groups is 3. The zero-order chi connectivity index (χ0) is 23.2. The summed E-state index contributed by atoms with van der Waals surface area (Å²) in [5, 5.41) is 16.5. The molecule has 0 aromatic carbocycles. The van der Waals surface area contributed by atoms with Crippen LogP contribution in [0.1, 0.15) is 66.1 Å². The van der Waals surface area contributed by atoms with E-state index in [-0.39, 0.29) is 29.9 Å². The van der Waals surface area contributed by atoms with Crippen LogP contribution in [0.3, 0.4) is 0 Å². The lowest BCUT2D eigenvalue weighted by Gasteiger charge is -2.27. The lowest BCUT2D eigenvalue weighted by molar-refractivity contribution is -0.125. The van der Waals surface area contributed by atoms with Gasteiger partial charge in [0, 0.05) is 13.1 Å². The Labute approximate surface area is 192 Å². The molecule has 2 unspecified atom stereocenters. The van der Waals surface area contributed by atoms with E-state index in [4.69, 9.17) is 8.83 Å². The molecule has 2 aromatic rings. The maximum Gasteiger partial charge on any atom is 0.289 e. The van der Waals surface area contributed by atoms with Crippen molar-refractivity contribution in [2.75, 3.05) is 13.1 Å². The first kappa shape index (κ1) is 23.1. The number of furan rings is 2. The molecule has 33 heavy (non-hydrogen) atoms. The summed E-state index contributed by atoms with van der Waals surface area (Å²) in [6, 6.07) is 5.18. The highest BCUT2D eigenvalue weighted by Crippen LogP contribution is 2.29. The molecule has 1 saturated carbocycles. The van der Waals surface area contributed by atoms with E-state index in [2.05, 4.69) is 10.6 Å². The van der Waals surface area contributed by atoms with Gasteiger partial charge in [0.2, 0.25) is 5.91 Å². The maximum atomic E-state index is 13.2. The lowest BCUT2D eigenvalue weighted by atomic mass is 9.97. The Bertz CT molecular complexity index is 920. The Morgan fingerprint density at radius 1 is 1.03 bits per heavy atom. The lowest BCUT2D eigenvalue weighted by Crippen LogP contribution is -2.54. The van der Waals surface area contributed by atoms with Crippen molar-refractivity contribution in [2.24, 2.45) is 5.92 Å². The molecule has 178 valence electrons. The monoisotopic (exact) mass is 457 g/mol. The van der Waals surface area contributed by atoms with E-state index in [0.29, 0.717) is 31.7 Å². The van der Waals surface area contributed by atoms with Crippen molar-refractivity contribution >= 4 is 17.7 Å². The van der Waals surface area contributed by atoms with Gasteiger partial charge in [-0.2, -0.15) is 0 Å². The smallest absolute Gasteiger partial charge is 0.289 e. The van der Waals surface area contributed by atoms with Crippen molar-refractivity contribution in [1.29, 1.82) is 0 Å². The third-order valence-electron chi connectivity index (χ3n) is 6.57. The van der Waals surface area contributed by atoms with E-state index in [1.165, 1.54) is 12.5 Å². The molecular weight excluding hydrogens is 426 g/mol. The van der Waals surface area contributed by atoms with Crippen molar-refractivity contribution in [3.05, 3.63) is 48.3 Å². The van der Waals surface area contributed by atoms with Gasteiger partial charge in [-0.1, -0.05) is 25.7 Å². The largest absolute Gasteiger partial charge is 0.459 e. The van der Waals surface area contributed by atoms with Crippen LogP contribution in [-0.4, -0.2) is 59.0 Å². The number of β-amino-alcohol motifs (C(OH)–C–C–N with tert-alkyl or cyclic N) is 1. The summed E-state index contributed by atoms with van der Waals surface area (Å²) >= 11 is 0. The Morgan fingerprint density at radius 2 is 1.73 bits per heavy atom. The second kappa shape index (κ2) is 10.7. The van der Waals surface area contributed by atoms with Crippen LogP contribution < -0.4 is 10.6 Å². The Kier molecular flexibility index (Phi) is 7.49. The average Bonchev–Trinajstić information content (AvgIpc) is 3.58. The summed E-state index contributed by atoms with van der Waals surface area (Å²) < 4.78 is 10.4. The first-order chi connectivity index (χ1) is 16.0. The molecular formula is C24H31N3O6. The minimum absolute atomic E-state index is 0.0938. The quantitative estimate of drug-likeness (QED) is 0.586. The topological polar surface area (TPSA) is 125 Å². The highest BCUT2D eigenvalue weighted by atomic mass is 16.3. The number of nitrogens with zero attached hydrogens (tertiary/aromatic N) is 1. The summed E-state index contributed by atoms with van der Waals surface area (Å²) in [5.41, 5.74) is 0. The molecule has 3 atom stereocenters. The average molecular weight is 458 g/mol. The number of aliphatic hydroxyl groups is 1. The van der Waals surface area contributed by atoms with E-state index >= 15 is 0 Å². The van der Waals surface area contributed by atoms with Crippen LogP contribution in [0.5, 0.6) is 0 Å². The van der Waals surface area contributed by atoms with Gasteiger partial charge in [-0.3, -0.25) is 14.4 Å². The zero-order valence-electron chi connectivity index (χ0n) is 18.6. The van der Waals surface area contributed by atoms with E-state index < -0.39 is 24.1 Å². The van der Waals surface area contributed by atoms with Crippen LogP contribution in [0.2, 0.25) is 0 Å². The molecule has 2 aliphatic rings. The van der Waals surface area contributed by atoms with E-state index in [1.54, 1.807) is 29.2 Å². The molecule has 9 heteroatoms.